The van der Waals surface area contributed by atoms with Gasteiger partial charge in [0.25, 0.3) is 0 Å². The highest BCUT2D eigenvalue weighted by Crippen LogP contribution is 2.25. The summed E-state index contributed by atoms with van der Waals surface area (Å²) in [6.45, 7) is 10.4. The topological polar surface area (TPSA) is 50.4 Å². The van der Waals surface area contributed by atoms with Gasteiger partial charge in [-0.3, -0.25) is 0 Å². The fourth-order valence-corrected chi connectivity index (χ4v) is 2.31. The van der Waals surface area contributed by atoms with Crippen molar-refractivity contribution >= 4 is 11.7 Å². The molecule has 0 radical (unpaired) electrons. The summed E-state index contributed by atoms with van der Waals surface area (Å²) in [5.74, 6) is 1.45. The average molecular weight is 278 g/mol. The van der Waals surface area contributed by atoms with Gasteiger partial charge in [0.15, 0.2) is 0 Å². The van der Waals surface area contributed by atoms with Gasteiger partial charge in [-0.05, 0) is 36.5 Å². The summed E-state index contributed by atoms with van der Waals surface area (Å²) in [5, 5.41) is 5.88. The van der Waals surface area contributed by atoms with E-state index in [0.717, 1.165) is 5.56 Å². The molecular weight excluding hydrogens is 252 g/mol. The number of nitrogens with one attached hydrogen (secondary N) is 2. The highest BCUT2D eigenvalue weighted by atomic mass is 16.5. The van der Waals surface area contributed by atoms with Gasteiger partial charge < -0.3 is 15.4 Å². The first-order valence-corrected chi connectivity index (χ1v) is 7.07. The molecule has 0 heterocycles. The largest absolute Gasteiger partial charge is 0.495 e. The lowest BCUT2D eigenvalue weighted by atomic mass is 9.93. The predicted octanol–water partition coefficient (Wildman–Crippen LogP) is 3.81. The Morgan fingerprint density at radius 1 is 1.15 bits per heavy atom. The Balaban J connectivity index is 2.76. The van der Waals surface area contributed by atoms with Crippen molar-refractivity contribution in [2.24, 2.45) is 11.8 Å². The lowest BCUT2D eigenvalue weighted by Gasteiger charge is -2.26. The van der Waals surface area contributed by atoms with Crippen LogP contribution in [0.15, 0.2) is 18.2 Å². The molecule has 4 heteroatoms. The van der Waals surface area contributed by atoms with Gasteiger partial charge in [0.2, 0.25) is 0 Å². The standard InChI is InChI=1S/C16H26N2O2/c1-10(2)15(11(3)4)18-16(19)17-13-8-7-12(5)9-14(13)20-6/h7-11,15H,1-6H3,(H2,17,18,19). The van der Waals surface area contributed by atoms with E-state index in [1.165, 1.54) is 0 Å². The van der Waals surface area contributed by atoms with Gasteiger partial charge in [0.1, 0.15) is 5.75 Å². The number of carbonyl (C=O) groups is 1. The van der Waals surface area contributed by atoms with E-state index in [-0.39, 0.29) is 12.1 Å². The van der Waals surface area contributed by atoms with E-state index in [0.29, 0.717) is 23.3 Å². The van der Waals surface area contributed by atoms with Crippen molar-refractivity contribution < 1.29 is 9.53 Å². The Kier molecular flexibility index (Phi) is 5.86. The fourth-order valence-electron chi connectivity index (χ4n) is 2.31. The SMILES string of the molecule is COc1cc(C)ccc1NC(=O)NC(C(C)C)C(C)C. The summed E-state index contributed by atoms with van der Waals surface area (Å²) < 4.78 is 5.28. The van der Waals surface area contributed by atoms with E-state index in [2.05, 4.69) is 38.3 Å². The quantitative estimate of drug-likeness (QED) is 0.860. The van der Waals surface area contributed by atoms with E-state index in [1.807, 2.05) is 25.1 Å². The zero-order valence-electron chi connectivity index (χ0n) is 13.3. The summed E-state index contributed by atoms with van der Waals surface area (Å²) in [7, 11) is 1.60. The normalized spacial score (nSPS) is 11.1. The van der Waals surface area contributed by atoms with Gasteiger partial charge in [0.05, 0.1) is 12.8 Å². The van der Waals surface area contributed by atoms with Crippen LogP contribution in [0.3, 0.4) is 0 Å². The second-order valence-corrected chi connectivity index (χ2v) is 5.82. The Morgan fingerprint density at radius 2 is 1.75 bits per heavy atom. The molecule has 112 valence electrons. The summed E-state index contributed by atoms with van der Waals surface area (Å²) in [6.07, 6.45) is 0. The molecule has 0 atom stereocenters. The minimum absolute atomic E-state index is 0.145. The Bertz CT molecular complexity index is 448. The van der Waals surface area contributed by atoms with Crippen molar-refractivity contribution in [3.8, 4) is 5.75 Å². The van der Waals surface area contributed by atoms with E-state index in [4.69, 9.17) is 4.74 Å². The van der Waals surface area contributed by atoms with E-state index >= 15 is 0 Å². The first-order valence-electron chi connectivity index (χ1n) is 7.07. The van der Waals surface area contributed by atoms with Crippen LogP contribution in [0, 0.1) is 18.8 Å². The molecule has 0 aromatic heterocycles. The van der Waals surface area contributed by atoms with E-state index < -0.39 is 0 Å². The number of rotatable bonds is 5. The van der Waals surface area contributed by atoms with Crippen molar-refractivity contribution in [1.82, 2.24) is 5.32 Å². The van der Waals surface area contributed by atoms with Crippen molar-refractivity contribution in [2.45, 2.75) is 40.7 Å². The van der Waals surface area contributed by atoms with Crippen LogP contribution in [0.2, 0.25) is 0 Å². The third-order valence-corrected chi connectivity index (χ3v) is 3.34. The molecule has 0 aliphatic carbocycles. The van der Waals surface area contributed by atoms with Gasteiger partial charge in [0, 0.05) is 6.04 Å². The van der Waals surface area contributed by atoms with Crippen LogP contribution in [0.5, 0.6) is 5.75 Å². The number of anilines is 1. The molecule has 0 aliphatic rings. The number of carbonyl (C=O) groups excluding carboxylic acids is 1. The highest BCUT2D eigenvalue weighted by molar-refractivity contribution is 5.91. The number of hydrogen-bond acceptors (Lipinski definition) is 2. The number of methoxy groups -OCH3 is 1. The summed E-state index contributed by atoms with van der Waals surface area (Å²) >= 11 is 0. The lowest BCUT2D eigenvalue weighted by molar-refractivity contribution is 0.236. The van der Waals surface area contributed by atoms with Crippen LogP contribution in [0.1, 0.15) is 33.3 Å². The zero-order valence-corrected chi connectivity index (χ0v) is 13.3. The number of benzene rings is 1. The van der Waals surface area contributed by atoms with Crippen molar-refractivity contribution in [3.05, 3.63) is 23.8 Å². The molecule has 1 aromatic rings. The summed E-state index contributed by atoms with van der Waals surface area (Å²) in [5.41, 5.74) is 1.77. The lowest BCUT2D eigenvalue weighted by Crippen LogP contribution is -2.44. The fraction of sp³-hybridized carbons (Fsp3) is 0.562. The van der Waals surface area contributed by atoms with Gasteiger partial charge in [-0.2, -0.15) is 0 Å². The van der Waals surface area contributed by atoms with Gasteiger partial charge in [-0.1, -0.05) is 33.8 Å². The van der Waals surface area contributed by atoms with Gasteiger partial charge in [-0.25, -0.2) is 4.79 Å². The smallest absolute Gasteiger partial charge is 0.319 e. The summed E-state index contributed by atoms with van der Waals surface area (Å²) in [6, 6.07) is 5.65. The van der Waals surface area contributed by atoms with Crippen LogP contribution in [-0.4, -0.2) is 19.2 Å². The van der Waals surface area contributed by atoms with Crippen LogP contribution in [-0.2, 0) is 0 Å². The maximum atomic E-state index is 12.1. The maximum Gasteiger partial charge on any atom is 0.319 e. The van der Waals surface area contributed by atoms with Crippen molar-refractivity contribution in [3.63, 3.8) is 0 Å². The number of ether oxygens (including phenoxy) is 1. The molecule has 0 saturated heterocycles. The highest BCUT2D eigenvalue weighted by Gasteiger charge is 2.20. The van der Waals surface area contributed by atoms with Gasteiger partial charge >= 0.3 is 6.03 Å². The second-order valence-electron chi connectivity index (χ2n) is 5.82. The molecule has 0 spiro atoms. The molecule has 0 unspecified atom stereocenters. The number of urea groups is 1. The monoisotopic (exact) mass is 278 g/mol. The first kappa shape index (κ1) is 16.3. The molecule has 0 fully saturated rings. The minimum Gasteiger partial charge on any atom is -0.495 e. The van der Waals surface area contributed by atoms with E-state index in [1.54, 1.807) is 7.11 Å². The average Bonchev–Trinajstić information content (AvgIpc) is 2.37. The van der Waals surface area contributed by atoms with E-state index in [9.17, 15) is 4.79 Å². The Labute approximate surface area is 121 Å². The zero-order chi connectivity index (χ0) is 15.3. The molecule has 20 heavy (non-hydrogen) atoms. The third-order valence-electron chi connectivity index (χ3n) is 3.34. The van der Waals surface area contributed by atoms with Crippen molar-refractivity contribution in [2.75, 3.05) is 12.4 Å². The molecule has 0 saturated carbocycles. The Morgan fingerprint density at radius 3 is 2.25 bits per heavy atom. The van der Waals surface area contributed by atoms with Gasteiger partial charge in [-0.15, -0.1) is 0 Å². The minimum atomic E-state index is -0.195. The number of amides is 2. The Hall–Kier alpha value is -1.71. The number of aryl methyl sites for hydroxylation is 1. The number of hydrogen-bond donors (Lipinski definition) is 2. The van der Waals surface area contributed by atoms with Crippen LogP contribution in [0.25, 0.3) is 0 Å². The predicted molar refractivity (Wildman–Crippen MR) is 83.3 cm³/mol. The van der Waals surface area contributed by atoms with Crippen molar-refractivity contribution in [1.29, 1.82) is 0 Å². The maximum absolute atomic E-state index is 12.1. The molecule has 1 rings (SSSR count). The van der Waals surface area contributed by atoms with Crippen LogP contribution in [0.4, 0.5) is 10.5 Å². The molecule has 4 nitrogen and oxygen atoms in total. The molecule has 0 bridgehead atoms. The molecule has 2 N–H and O–H groups in total. The van der Waals surface area contributed by atoms with Crippen LogP contribution < -0.4 is 15.4 Å². The summed E-state index contributed by atoms with van der Waals surface area (Å²) in [4.78, 5) is 12.1. The molecule has 1 aromatic carbocycles. The third kappa shape index (κ3) is 4.44. The molecular formula is C16H26N2O2. The van der Waals surface area contributed by atoms with Crippen LogP contribution >= 0.6 is 0 Å². The molecule has 2 amide bonds. The second kappa shape index (κ2) is 7.17. The molecule has 0 aliphatic heterocycles. The first-order chi connectivity index (χ1) is 9.35.